The van der Waals surface area contributed by atoms with Crippen molar-refractivity contribution in [2.45, 2.75) is 19.9 Å². The molecule has 4 rings (SSSR count). The molecule has 0 atom stereocenters. The van der Waals surface area contributed by atoms with Crippen molar-refractivity contribution in [3.63, 3.8) is 0 Å². The van der Waals surface area contributed by atoms with Crippen molar-refractivity contribution in [3.05, 3.63) is 63.5 Å². The van der Waals surface area contributed by atoms with Crippen LogP contribution in [0.3, 0.4) is 0 Å². The number of hydrogen-bond donors (Lipinski definition) is 0. The second kappa shape index (κ2) is 8.87. The molecule has 3 aromatic rings. The Morgan fingerprint density at radius 2 is 2.00 bits per heavy atom. The van der Waals surface area contributed by atoms with E-state index in [4.69, 9.17) is 5.26 Å². The highest BCUT2D eigenvalue weighted by Crippen LogP contribution is 2.31. The number of aromatic nitrogens is 1. The Bertz CT molecular complexity index is 1020. The predicted octanol–water partition coefficient (Wildman–Crippen LogP) is 4.40. The van der Waals surface area contributed by atoms with Crippen LogP contribution in [0.4, 0.5) is 0 Å². The molecule has 1 aliphatic heterocycles. The number of rotatable bonds is 4. The summed E-state index contributed by atoms with van der Waals surface area (Å²) in [4.78, 5) is 24.0. The summed E-state index contributed by atoms with van der Waals surface area (Å²) in [6.45, 7) is 6.08. The lowest BCUT2D eigenvalue weighted by atomic mass is 10.1. The number of amides is 1. The van der Waals surface area contributed by atoms with Crippen LogP contribution < -0.4 is 0 Å². The first-order valence-corrected chi connectivity index (χ1v) is 11.4. The molecule has 148 valence electrons. The maximum atomic E-state index is 13.1. The van der Waals surface area contributed by atoms with Gasteiger partial charge in [-0.1, -0.05) is 18.2 Å². The lowest BCUT2D eigenvalue weighted by molar-refractivity contribution is 0.0765. The number of thiophene rings is 1. The van der Waals surface area contributed by atoms with E-state index in [1.54, 1.807) is 11.3 Å². The van der Waals surface area contributed by atoms with E-state index in [0.29, 0.717) is 5.56 Å². The molecule has 1 aromatic carbocycles. The van der Waals surface area contributed by atoms with Crippen molar-refractivity contribution in [1.82, 2.24) is 14.8 Å². The summed E-state index contributed by atoms with van der Waals surface area (Å²) >= 11 is 3.15. The van der Waals surface area contributed by atoms with Crippen molar-refractivity contribution >= 4 is 28.6 Å². The zero-order valence-corrected chi connectivity index (χ0v) is 17.9. The smallest absolute Gasteiger partial charge is 0.265 e. The average Bonchev–Trinajstić information content (AvgIpc) is 3.34. The van der Waals surface area contributed by atoms with E-state index in [1.165, 1.54) is 16.9 Å². The maximum Gasteiger partial charge on any atom is 0.265 e. The first-order chi connectivity index (χ1) is 14.1. The van der Waals surface area contributed by atoms with Crippen LogP contribution in [0, 0.1) is 18.3 Å². The van der Waals surface area contributed by atoms with Gasteiger partial charge in [0, 0.05) is 32.7 Å². The Hall–Kier alpha value is -2.53. The Balaban J connectivity index is 1.40. The van der Waals surface area contributed by atoms with Crippen LogP contribution in [0.5, 0.6) is 0 Å². The van der Waals surface area contributed by atoms with Crippen LogP contribution in [-0.4, -0.2) is 46.9 Å². The van der Waals surface area contributed by atoms with Crippen molar-refractivity contribution in [3.8, 4) is 16.0 Å². The molecular formula is C22H22N4OS2. The number of aryl methyl sites for hydroxylation is 1. The van der Waals surface area contributed by atoms with Gasteiger partial charge in [-0.15, -0.1) is 22.7 Å². The van der Waals surface area contributed by atoms with Gasteiger partial charge in [-0.05, 0) is 42.5 Å². The molecule has 0 aliphatic carbocycles. The molecule has 0 saturated carbocycles. The van der Waals surface area contributed by atoms with Crippen LogP contribution in [0.15, 0.2) is 41.8 Å². The van der Waals surface area contributed by atoms with Crippen molar-refractivity contribution in [2.75, 3.05) is 26.2 Å². The number of nitrogens with zero attached hydrogens (tertiary/aromatic N) is 4. The van der Waals surface area contributed by atoms with Gasteiger partial charge in [-0.25, -0.2) is 4.98 Å². The molecule has 1 fully saturated rings. The largest absolute Gasteiger partial charge is 0.337 e. The van der Waals surface area contributed by atoms with Gasteiger partial charge in [-0.3, -0.25) is 9.69 Å². The summed E-state index contributed by atoms with van der Waals surface area (Å²) in [6, 6.07) is 14.0. The van der Waals surface area contributed by atoms with Crippen LogP contribution in [0.1, 0.15) is 32.9 Å². The van der Waals surface area contributed by atoms with Crippen molar-refractivity contribution in [2.24, 2.45) is 0 Å². The lowest BCUT2D eigenvalue weighted by Crippen LogP contribution is -2.35. The summed E-state index contributed by atoms with van der Waals surface area (Å²) in [6.07, 6.45) is 0.956. The van der Waals surface area contributed by atoms with Gasteiger partial charge in [0.2, 0.25) is 0 Å². The molecule has 29 heavy (non-hydrogen) atoms. The summed E-state index contributed by atoms with van der Waals surface area (Å²) in [5.74, 6) is 0.100. The third-order valence-corrected chi connectivity index (χ3v) is 7.27. The highest BCUT2D eigenvalue weighted by Gasteiger charge is 2.24. The third-order valence-electron chi connectivity index (χ3n) is 5.09. The monoisotopic (exact) mass is 422 g/mol. The summed E-state index contributed by atoms with van der Waals surface area (Å²) in [5, 5.41) is 11.9. The SMILES string of the molecule is Cc1nc(-c2cccs2)sc1C(=O)N1CCCN(Cc2ccc(C#N)cc2)CC1. The van der Waals surface area contributed by atoms with Crippen LogP contribution in [-0.2, 0) is 6.54 Å². The van der Waals surface area contributed by atoms with Gasteiger partial charge < -0.3 is 4.90 Å². The molecular weight excluding hydrogens is 400 g/mol. The van der Waals surface area contributed by atoms with E-state index < -0.39 is 0 Å². The normalized spacial score (nSPS) is 15.1. The van der Waals surface area contributed by atoms with Crippen molar-refractivity contribution < 1.29 is 4.79 Å². The molecule has 0 N–H and O–H groups in total. The molecule has 2 aromatic heterocycles. The first kappa shape index (κ1) is 19.8. The van der Waals surface area contributed by atoms with Gasteiger partial charge in [-0.2, -0.15) is 5.26 Å². The first-order valence-electron chi connectivity index (χ1n) is 9.66. The minimum absolute atomic E-state index is 0.100. The van der Waals surface area contributed by atoms with Crippen molar-refractivity contribution in [1.29, 1.82) is 5.26 Å². The van der Waals surface area contributed by atoms with E-state index in [9.17, 15) is 4.79 Å². The molecule has 3 heterocycles. The molecule has 0 bridgehead atoms. The third kappa shape index (κ3) is 4.56. The second-order valence-corrected chi connectivity index (χ2v) is 9.09. The van der Waals surface area contributed by atoms with Gasteiger partial charge in [0.05, 0.1) is 22.2 Å². The topological polar surface area (TPSA) is 60.2 Å². The predicted molar refractivity (Wildman–Crippen MR) is 117 cm³/mol. The number of benzene rings is 1. The Kier molecular flexibility index (Phi) is 6.05. The number of carbonyl (C=O) groups is 1. The summed E-state index contributed by atoms with van der Waals surface area (Å²) in [7, 11) is 0. The molecule has 1 aliphatic rings. The van der Waals surface area contributed by atoms with Gasteiger partial charge in [0.1, 0.15) is 9.88 Å². The van der Waals surface area contributed by atoms with Gasteiger partial charge in [0.15, 0.2) is 0 Å². The molecule has 0 spiro atoms. The molecule has 0 radical (unpaired) electrons. The van der Waals surface area contributed by atoms with Gasteiger partial charge >= 0.3 is 0 Å². The lowest BCUT2D eigenvalue weighted by Gasteiger charge is -2.22. The van der Waals surface area contributed by atoms with Crippen LogP contribution in [0.2, 0.25) is 0 Å². The number of nitriles is 1. The van der Waals surface area contributed by atoms with E-state index in [-0.39, 0.29) is 5.91 Å². The van der Waals surface area contributed by atoms with Crippen LogP contribution >= 0.6 is 22.7 Å². The minimum atomic E-state index is 0.100. The number of carbonyl (C=O) groups excluding carboxylic acids is 1. The minimum Gasteiger partial charge on any atom is -0.337 e. The number of hydrogen-bond acceptors (Lipinski definition) is 6. The highest BCUT2D eigenvalue weighted by atomic mass is 32.1. The molecule has 1 saturated heterocycles. The van der Waals surface area contributed by atoms with E-state index in [2.05, 4.69) is 16.0 Å². The maximum absolute atomic E-state index is 13.1. The molecule has 0 unspecified atom stereocenters. The Morgan fingerprint density at radius 1 is 1.17 bits per heavy atom. The Labute approximate surface area is 178 Å². The van der Waals surface area contributed by atoms with E-state index in [0.717, 1.165) is 59.6 Å². The highest BCUT2D eigenvalue weighted by molar-refractivity contribution is 7.22. The standard InChI is InChI=1S/C22H22N4OS2/c1-16-20(29-21(24-16)19-4-2-13-28-19)22(27)26-10-3-9-25(11-12-26)15-18-7-5-17(14-23)6-8-18/h2,4-8,13H,3,9-12,15H2,1H3. The fourth-order valence-electron chi connectivity index (χ4n) is 3.52. The van der Waals surface area contributed by atoms with Crippen LogP contribution in [0.25, 0.3) is 9.88 Å². The van der Waals surface area contributed by atoms with Gasteiger partial charge in [0.25, 0.3) is 5.91 Å². The fraction of sp³-hybridized carbons (Fsp3) is 0.318. The second-order valence-electron chi connectivity index (χ2n) is 7.14. The zero-order chi connectivity index (χ0) is 20.2. The quantitative estimate of drug-likeness (QED) is 0.625. The Morgan fingerprint density at radius 3 is 2.72 bits per heavy atom. The fourth-order valence-corrected chi connectivity index (χ4v) is 5.35. The van der Waals surface area contributed by atoms with E-state index in [1.807, 2.05) is 53.6 Å². The molecule has 1 amide bonds. The molecule has 5 nitrogen and oxygen atoms in total. The zero-order valence-electron chi connectivity index (χ0n) is 16.3. The average molecular weight is 423 g/mol. The molecule has 7 heteroatoms. The summed E-state index contributed by atoms with van der Waals surface area (Å²) in [5.41, 5.74) is 2.70. The number of thiazole rings is 1. The van der Waals surface area contributed by atoms with E-state index >= 15 is 0 Å². The summed E-state index contributed by atoms with van der Waals surface area (Å²) < 4.78 is 0.